The van der Waals surface area contributed by atoms with Crippen molar-refractivity contribution in [3.05, 3.63) is 167 Å². The minimum absolute atomic E-state index is 0. The van der Waals surface area contributed by atoms with Gasteiger partial charge in [-0.2, -0.15) is 0 Å². The Labute approximate surface area is 516 Å². The Morgan fingerprint density at radius 3 is 1.51 bits per heavy atom. The molecule has 0 aliphatic carbocycles. The van der Waals surface area contributed by atoms with Crippen LogP contribution in [-0.4, -0.2) is 184 Å². The van der Waals surface area contributed by atoms with E-state index in [1.807, 2.05) is 99.9 Å². The molecule has 2 aliphatic heterocycles. The molecule has 4 aromatic carbocycles. The van der Waals surface area contributed by atoms with Crippen LogP contribution in [0.25, 0.3) is 44.3 Å². The van der Waals surface area contributed by atoms with Gasteiger partial charge in [0, 0.05) is 138 Å². The second-order valence-corrected chi connectivity index (χ2v) is 22.4. The highest BCUT2D eigenvalue weighted by Gasteiger charge is 2.28. The van der Waals surface area contributed by atoms with E-state index in [1.54, 1.807) is 60.9 Å². The highest BCUT2D eigenvalue weighted by molar-refractivity contribution is 6.33. The van der Waals surface area contributed by atoms with Gasteiger partial charge in [-0.05, 0) is 116 Å². The Morgan fingerprint density at radius 2 is 1.06 bits per heavy atom. The number of benzene rings is 4. The number of amides is 3. The third kappa shape index (κ3) is 18.9. The fourth-order valence-corrected chi connectivity index (χ4v) is 10.3. The van der Waals surface area contributed by atoms with Crippen molar-refractivity contribution in [3.63, 3.8) is 0 Å². The third-order valence-electron chi connectivity index (χ3n) is 13.8. The Kier molecular flexibility index (Phi) is 23.7. The summed E-state index contributed by atoms with van der Waals surface area (Å²) in [6.07, 6.45) is 15.2. The minimum atomic E-state index is -0.987. The first-order valence-electron chi connectivity index (χ1n) is 27.7. The maximum atomic E-state index is 13.0. The summed E-state index contributed by atoms with van der Waals surface area (Å²) in [7, 11) is 11.8. The highest BCUT2D eigenvalue weighted by Crippen LogP contribution is 2.34. The molecule has 86 heavy (non-hydrogen) atoms. The molecule has 24 heteroatoms. The minimum Gasteiger partial charge on any atom is -0.478 e. The zero-order valence-corrected chi connectivity index (χ0v) is 51.1. The van der Waals surface area contributed by atoms with E-state index in [0.717, 1.165) is 71.2 Å². The van der Waals surface area contributed by atoms with E-state index < -0.39 is 5.97 Å². The molecule has 0 unspecified atom stereocenters. The first-order chi connectivity index (χ1) is 40.8. The number of carbonyl (C=O) groups is 4. The summed E-state index contributed by atoms with van der Waals surface area (Å²) in [5.74, 6) is -0.534. The molecule has 21 nitrogen and oxygen atoms in total. The molecule has 10 N–H and O–H groups in total. The number of hydrogen-bond acceptors (Lipinski definition) is 15. The lowest BCUT2D eigenvalue weighted by atomic mass is 10.0. The number of carboxylic acid groups (broad SMARTS) is 1. The maximum absolute atomic E-state index is 13.0. The van der Waals surface area contributed by atoms with E-state index >= 15 is 0 Å². The summed E-state index contributed by atoms with van der Waals surface area (Å²) in [4.78, 5) is 80.3. The smallest absolute Gasteiger partial charge is 0.335 e. The number of carbonyl (C=O) groups excluding carboxylic acids is 3. The van der Waals surface area contributed by atoms with Gasteiger partial charge in [-0.3, -0.25) is 14.4 Å². The Bertz CT molecular complexity index is 3620. The number of carboxylic acids is 1. The van der Waals surface area contributed by atoms with Crippen molar-refractivity contribution in [2.75, 3.05) is 103 Å². The van der Waals surface area contributed by atoms with Crippen molar-refractivity contribution in [2.24, 2.45) is 5.73 Å². The van der Waals surface area contributed by atoms with Crippen LogP contribution in [0.1, 0.15) is 33.6 Å². The molecule has 0 saturated carbocycles. The SMILES string of the molecule is CN(C)C/C=C/C(=O)Nc1ccc(C(=O)N[C@H]2C[C@@H](Nc3ncc(Cl)c(-c4c[nH]c5ccccc45)n3)CN(C)C2)cc1.CN(C)C/C=C/C(=O)Nc1ccc(C(=O)O)cc1.CN1C[C@@H](N)C[C@@H](Nc2ncc(Cl)c(-c3c[nH]c4ccccc34)n2)C1.Cl. The van der Waals surface area contributed by atoms with Gasteiger partial charge in [-0.1, -0.05) is 71.8 Å². The molecule has 4 atom stereocenters. The fraction of sp³-hybridized carbons (Fsp3) is 0.290. The first-order valence-corrected chi connectivity index (χ1v) is 28.4. The molecule has 4 aromatic heterocycles. The van der Waals surface area contributed by atoms with Crippen LogP contribution in [0.5, 0.6) is 0 Å². The number of aromatic amines is 2. The average Bonchev–Trinajstić information content (AvgIpc) is 2.29. The molecule has 0 spiro atoms. The second kappa shape index (κ2) is 31.2. The lowest BCUT2D eigenvalue weighted by Gasteiger charge is -2.36. The number of anilines is 4. The Hall–Kier alpha value is -8.25. The zero-order chi connectivity index (χ0) is 60.6. The number of hydrogen-bond donors (Lipinski definition) is 9. The van der Waals surface area contributed by atoms with Crippen LogP contribution in [0.4, 0.5) is 23.3 Å². The lowest BCUT2D eigenvalue weighted by molar-refractivity contribution is -0.112. The molecule has 2 aliphatic rings. The molecule has 0 radical (unpaired) electrons. The van der Waals surface area contributed by atoms with Crippen molar-refractivity contribution in [1.29, 1.82) is 0 Å². The number of nitrogens with one attached hydrogen (secondary N) is 7. The van der Waals surface area contributed by atoms with Crippen LogP contribution in [0.2, 0.25) is 10.0 Å². The predicted octanol–water partition coefficient (Wildman–Crippen LogP) is 8.83. The van der Waals surface area contributed by atoms with Crippen molar-refractivity contribution in [3.8, 4) is 22.5 Å². The van der Waals surface area contributed by atoms with E-state index in [0.29, 0.717) is 64.1 Å². The molecule has 2 saturated heterocycles. The van der Waals surface area contributed by atoms with Crippen LogP contribution in [-0.2, 0) is 9.59 Å². The summed E-state index contributed by atoms with van der Waals surface area (Å²) in [5, 5.41) is 27.3. The number of aromatic carboxylic acids is 1. The fourth-order valence-electron chi connectivity index (χ4n) is 9.93. The monoisotopic (exact) mass is 1230 g/mol. The summed E-state index contributed by atoms with van der Waals surface area (Å²) in [5.41, 5.74) is 13.4. The molecule has 3 amide bonds. The number of H-pyrrole nitrogens is 2. The number of nitrogens with zero attached hydrogens (tertiary/aromatic N) is 8. The van der Waals surface area contributed by atoms with Gasteiger partial charge in [0.1, 0.15) is 0 Å². The quantitative estimate of drug-likeness (QED) is 0.0385. The average molecular weight is 1230 g/mol. The second-order valence-electron chi connectivity index (χ2n) is 21.6. The molecular formula is C62H73Cl3N16O5. The lowest BCUT2D eigenvalue weighted by Crippen LogP contribution is -2.53. The van der Waals surface area contributed by atoms with Gasteiger partial charge >= 0.3 is 5.97 Å². The van der Waals surface area contributed by atoms with E-state index in [1.165, 1.54) is 24.3 Å². The van der Waals surface area contributed by atoms with Gasteiger partial charge in [0.05, 0.1) is 39.4 Å². The van der Waals surface area contributed by atoms with Gasteiger partial charge in [-0.25, -0.2) is 24.7 Å². The number of likely N-dealkylation sites (N-methyl/N-ethyl adjacent to an activating group) is 4. The van der Waals surface area contributed by atoms with Gasteiger partial charge in [0.25, 0.3) is 5.91 Å². The van der Waals surface area contributed by atoms with Crippen LogP contribution < -0.4 is 32.3 Å². The first kappa shape index (κ1) is 65.3. The van der Waals surface area contributed by atoms with Gasteiger partial charge < -0.3 is 67.0 Å². The Balaban J connectivity index is 0.000000203. The maximum Gasteiger partial charge on any atom is 0.335 e. The van der Waals surface area contributed by atoms with Crippen molar-refractivity contribution < 1.29 is 24.3 Å². The van der Waals surface area contributed by atoms with Crippen LogP contribution >= 0.6 is 35.6 Å². The number of rotatable bonds is 17. The summed E-state index contributed by atoms with van der Waals surface area (Å²) in [6, 6.07) is 29.3. The van der Waals surface area contributed by atoms with Gasteiger partial charge in [0.15, 0.2) is 0 Å². The number of nitrogens with two attached hydrogens (primary N) is 1. The van der Waals surface area contributed by atoms with Crippen molar-refractivity contribution >= 4 is 104 Å². The van der Waals surface area contributed by atoms with E-state index in [4.69, 9.17) is 39.0 Å². The number of fused-ring (bicyclic) bond motifs is 2. The number of para-hydroxylation sites is 2. The predicted molar refractivity (Wildman–Crippen MR) is 347 cm³/mol. The highest BCUT2D eigenvalue weighted by atomic mass is 35.5. The van der Waals surface area contributed by atoms with Crippen molar-refractivity contribution in [2.45, 2.75) is 37.0 Å². The van der Waals surface area contributed by atoms with Gasteiger partial charge in [-0.15, -0.1) is 12.4 Å². The number of aromatic nitrogens is 6. The number of halogens is 3. The van der Waals surface area contributed by atoms with Crippen molar-refractivity contribution in [1.82, 2.24) is 54.8 Å². The molecule has 8 aromatic rings. The summed E-state index contributed by atoms with van der Waals surface area (Å²) >= 11 is 12.9. The Morgan fingerprint density at radius 1 is 0.628 bits per heavy atom. The third-order valence-corrected chi connectivity index (χ3v) is 14.3. The van der Waals surface area contributed by atoms with Gasteiger partial charge in [0.2, 0.25) is 23.7 Å². The van der Waals surface area contributed by atoms with E-state index in [-0.39, 0.29) is 59.9 Å². The standard InChI is InChI=1S/C31H35ClN8O2.C18H21ClN6.C13H16N2O3.ClH/c1-39(2)14-6-9-28(41)35-21-12-10-20(11-13-21)30(42)36-22-15-23(19-40(3)18-22)37-31-34-17-26(32)29(38-31)25-16-33-27-8-5-4-7-24(25)27;1-25-9-11(20)6-12(10-25)23-18-22-8-15(19)17(24-18)14-7-21-16-5-3-2-4-13(14)16;1-15(2)9-3-4-12(16)14-11-7-5-10(6-8-11)13(17)18;/h4-13,16-17,22-23,33H,14-15,18-19H2,1-3H3,(H,35,41)(H,36,42)(H,34,37,38);2-5,7-8,11-12,21H,6,9-10,20H2,1H3,(H,22,23,24);3-8H,9H2,1-2H3,(H,14,16)(H,17,18);1H/b9-6+;;4-3+;/t22-,23+;11-,12+;;/m00../s1. The zero-order valence-electron chi connectivity index (χ0n) is 48.7. The van der Waals surface area contributed by atoms with Crippen LogP contribution in [0.3, 0.4) is 0 Å². The largest absolute Gasteiger partial charge is 0.478 e. The molecule has 6 heterocycles. The molecule has 2 fully saturated rings. The molecule has 452 valence electrons. The van der Waals surface area contributed by atoms with E-state index in [2.05, 4.69) is 74.4 Å². The summed E-state index contributed by atoms with van der Waals surface area (Å²) < 4.78 is 0. The molecule has 10 rings (SSSR count). The normalized spacial score (nSPS) is 17.1. The number of piperidine rings is 2. The summed E-state index contributed by atoms with van der Waals surface area (Å²) in [6.45, 7) is 4.70. The topological polar surface area (TPSA) is 271 Å². The van der Waals surface area contributed by atoms with Crippen LogP contribution in [0.15, 0.2) is 146 Å². The van der Waals surface area contributed by atoms with E-state index in [9.17, 15) is 19.2 Å². The van der Waals surface area contributed by atoms with Crippen LogP contribution in [0, 0.1) is 0 Å². The molecule has 0 bridgehead atoms. The molecular weight excluding hydrogens is 1160 g/mol. The number of likely N-dealkylation sites (tertiary alicyclic amines) is 2.